The highest BCUT2D eigenvalue weighted by molar-refractivity contribution is 5.91. The van der Waals surface area contributed by atoms with Crippen molar-refractivity contribution < 1.29 is 9.59 Å². The molecule has 1 heterocycles. The van der Waals surface area contributed by atoms with E-state index in [9.17, 15) is 9.59 Å². The van der Waals surface area contributed by atoms with Gasteiger partial charge in [-0.25, -0.2) is 0 Å². The summed E-state index contributed by atoms with van der Waals surface area (Å²) in [5.41, 5.74) is 7.12. The number of carbonyl (C=O) groups is 2. The van der Waals surface area contributed by atoms with Crippen molar-refractivity contribution in [2.45, 2.75) is 38.3 Å². The summed E-state index contributed by atoms with van der Waals surface area (Å²) in [4.78, 5) is 23.3. The average Bonchev–Trinajstić information content (AvgIpc) is 2.37. The quantitative estimate of drug-likeness (QED) is 0.758. The van der Waals surface area contributed by atoms with Crippen LogP contribution < -0.4 is 16.4 Å². The van der Waals surface area contributed by atoms with Gasteiger partial charge in [0, 0.05) is 11.7 Å². The normalized spacial score (nSPS) is 22.8. The molecule has 4 N–H and O–H groups in total. The van der Waals surface area contributed by atoms with Crippen LogP contribution >= 0.6 is 0 Å². The SMILES string of the molecule is CC1CC(C(=O)NC(C)C(N)=O)c2ccccc2N1. The number of primary amides is 1. The van der Waals surface area contributed by atoms with Gasteiger partial charge in [-0.3, -0.25) is 9.59 Å². The van der Waals surface area contributed by atoms with Gasteiger partial charge in [0.1, 0.15) is 6.04 Å². The number of hydrogen-bond acceptors (Lipinski definition) is 3. The summed E-state index contributed by atoms with van der Waals surface area (Å²) in [5.74, 6) is -0.912. The van der Waals surface area contributed by atoms with Crippen LogP contribution in [0.15, 0.2) is 24.3 Å². The maximum Gasteiger partial charge on any atom is 0.239 e. The molecular weight excluding hydrogens is 242 g/mol. The lowest BCUT2D eigenvalue weighted by Gasteiger charge is -2.31. The van der Waals surface area contributed by atoms with E-state index >= 15 is 0 Å². The van der Waals surface area contributed by atoms with Crippen LogP contribution in [0.5, 0.6) is 0 Å². The Kier molecular flexibility index (Phi) is 3.74. The molecule has 1 aromatic rings. The molecule has 0 saturated heterocycles. The van der Waals surface area contributed by atoms with Crippen LogP contribution in [0.1, 0.15) is 31.7 Å². The van der Waals surface area contributed by atoms with Crippen LogP contribution in [0.25, 0.3) is 0 Å². The molecule has 0 fully saturated rings. The number of anilines is 1. The molecule has 5 heteroatoms. The second-order valence-electron chi connectivity index (χ2n) is 5.05. The minimum atomic E-state index is -0.648. The lowest BCUT2D eigenvalue weighted by Crippen LogP contribution is -2.45. The van der Waals surface area contributed by atoms with Crippen molar-refractivity contribution in [2.75, 3.05) is 5.32 Å². The van der Waals surface area contributed by atoms with Gasteiger partial charge in [0.2, 0.25) is 11.8 Å². The molecule has 0 aliphatic carbocycles. The van der Waals surface area contributed by atoms with Gasteiger partial charge >= 0.3 is 0 Å². The zero-order valence-corrected chi connectivity index (χ0v) is 11.1. The van der Waals surface area contributed by atoms with Crippen molar-refractivity contribution in [1.29, 1.82) is 0 Å². The van der Waals surface area contributed by atoms with Crippen LogP contribution in [0.2, 0.25) is 0 Å². The molecule has 0 bridgehead atoms. The van der Waals surface area contributed by atoms with Crippen molar-refractivity contribution in [2.24, 2.45) is 5.73 Å². The third-order valence-corrected chi connectivity index (χ3v) is 3.43. The first-order chi connectivity index (χ1) is 8.99. The Labute approximate surface area is 112 Å². The number of fused-ring (bicyclic) bond motifs is 1. The molecule has 3 unspecified atom stereocenters. The second-order valence-corrected chi connectivity index (χ2v) is 5.05. The van der Waals surface area contributed by atoms with Gasteiger partial charge in [0.15, 0.2) is 0 Å². The Morgan fingerprint density at radius 2 is 2.11 bits per heavy atom. The molecular formula is C14H19N3O2. The molecule has 1 aliphatic heterocycles. The number of hydrogen-bond donors (Lipinski definition) is 3. The average molecular weight is 261 g/mol. The first kappa shape index (κ1) is 13.4. The van der Waals surface area contributed by atoms with E-state index in [-0.39, 0.29) is 17.9 Å². The summed E-state index contributed by atoms with van der Waals surface area (Å²) in [7, 11) is 0. The number of para-hydroxylation sites is 1. The molecule has 3 atom stereocenters. The third-order valence-electron chi connectivity index (χ3n) is 3.43. The van der Waals surface area contributed by atoms with E-state index in [2.05, 4.69) is 10.6 Å². The van der Waals surface area contributed by atoms with Crippen molar-refractivity contribution in [3.8, 4) is 0 Å². The predicted molar refractivity (Wildman–Crippen MR) is 73.7 cm³/mol. The predicted octanol–water partition coefficient (Wildman–Crippen LogP) is 0.964. The third kappa shape index (κ3) is 2.86. The van der Waals surface area contributed by atoms with Crippen LogP contribution in [0, 0.1) is 0 Å². The lowest BCUT2D eigenvalue weighted by atomic mass is 9.86. The Bertz CT molecular complexity index is 501. The van der Waals surface area contributed by atoms with Gasteiger partial charge in [0.05, 0.1) is 5.92 Å². The van der Waals surface area contributed by atoms with Gasteiger partial charge < -0.3 is 16.4 Å². The zero-order chi connectivity index (χ0) is 14.0. The molecule has 2 rings (SSSR count). The van der Waals surface area contributed by atoms with Gasteiger partial charge in [-0.2, -0.15) is 0 Å². The Morgan fingerprint density at radius 1 is 1.42 bits per heavy atom. The molecule has 102 valence electrons. The van der Waals surface area contributed by atoms with Crippen LogP contribution in [-0.4, -0.2) is 23.9 Å². The highest BCUT2D eigenvalue weighted by atomic mass is 16.2. The highest BCUT2D eigenvalue weighted by Crippen LogP contribution is 2.34. The van der Waals surface area contributed by atoms with E-state index in [1.54, 1.807) is 6.92 Å². The summed E-state index contributed by atoms with van der Waals surface area (Å²) in [5, 5.41) is 6.02. The van der Waals surface area contributed by atoms with Crippen molar-refractivity contribution in [3.63, 3.8) is 0 Å². The molecule has 2 amide bonds. The molecule has 0 spiro atoms. The summed E-state index contributed by atoms with van der Waals surface area (Å²) < 4.78 is 0. The molecule has 1 aliphatic rings. The van der Waals surface area contributed by atoms with Gasteiger partial charge in [-0.05, 0) is 31.9 Å². The number of rotatable bonds is 3. The molecule has 1 aromatic carbocycles. The van der Waals surface area contributed by atoms with Crippen LogP contribution in [-0.2, 0) is 9.59 Å². The number of benzene rings is 1. The van der Waals surface area contributed by atoms with Crippen molar-refractivity contribution in [1.82, 2.24) is 5.32 Å². The Morgan fingerprint density at radius 3 is 2.79 bits per heavy atom. The zero-order valence-electron chi connectivity index (χ0n) is 11.1. The molecule has 0 radical (unpaired) electrons. The number of nitrogens with one attached hydrogen (secondary N) is 2. The summed E-state index contributed by atoms with van der Waals surface area (Å²) >= 11 is 0. The van der Waals surface area contributed by atoms with Crippen LogP contribution in [0.3, 0.4) is 0 Å². The van der Waals surface area contributed by atoms with E-state index in [0.717, 1.165) is 11.3 Å². The fourth-order valence-electron chi connectivity index (χ4n) is 2.37. The molecule has 5 nitrogen and oxygen atoms in total. The monoisotopic (exact) mass is 261 g/mol. The van der Waals surface area contributed by atoms with Gasteiger partial charge in [-0.15, -0.1) is 0 Å². The Balaban J connectivity index is 2.20. The maximum atomic E-state index is 12.3. The topological polar surface area (TPSA) is 84.2 Å². The summed E-state index contributed by atoms with van der Waals surface area (Å²) in [6.45, 7) is 3.63. The van der Waals surface area contributed by atoms with Crippen molar-refractivity contribution in [3.05, 3.63) is 29.8 Å². The largest absolute Gasteiger partial charge is 0.382 e. The smallest absolute Gasteiger partial charge is 0.239 e. The van der Waals surface area contributed by atoms with E-state index < -0.39 is 11.9 Å². The lowest BCUT2D eigenvalue weighted by molar-refractivity contribution is -0.128. The minimum absolute atomic E-state index is 0.146. The minimum Gasteiger partial charge on any atom is -0.382 e. The number of carbonyl (C=O) groups excluding carboxylic acids is 2. The maximum absolute atomic E-state index is 12.3. The number of amides is 2. The van der Waals surface area contributed by atoms with Crippen LogP contribution in [0.4, 0.5) is 5.69 Å². The van der Waals surface area contributed by atoms with Gasteiger partial charge in [-0.1, -0.05) is 18.2 Å². The summed E-state index contributed by atoms with van der Waals surface area (Å²) in [6.07, 6.45) is 0.703. The summed E-state index contributed by atoms with van der Waals surface area (Å²) in [6, 6.07) is 7.31. The highest BCUT2D eigenvalue weighted by Gasteiger charge is 2.30. The fourth-order valence-corrected chi connectivity index (χ4v) is 2.37. The van der Waals surface area contributed by atoms with Gasteiger partial charge in [0.25, 0.3) is 0 Å². The standard InChI is InChI=1S/C14H19N3O2/c1-8-7-11(14(19)17-9(2)13(15)18)10-5-3-4-6-12(10)16-8/h3-6,8-9,11,16H,7H2,1-2H3,(H2,15,18)(H,17,19). The Hall–Kier alpha value is -2.04. The van der Waals surface area contributed by atoms with Crippen molar-refractivity contribution >= 4 is 17.5 Å². The van der Waals surface area contributed by atoms with E-state index in [1.807, 2.05) is 31.2 Å². The van der Waals surface area contributed by atoms with E-state index in [0.29, 0.717) is 6.42 Å². The van der Waals surface area contributed by atoms with E-state index in [4.69, 9.17) is 5.73 Å². The molecule has 0 saturated carbocycles. The fraction of sp³-hybridized carbons (Fsp3) is 0.429. The molecule has 0 aromatic heterocycles. The first-order valence-corrected chi connectivity index (χ1v) is 6.44. The van der Waals surface area contributed by atoms with E-state index in [1.165, 1.54) is 0 Å². The number of nitrogens with two attached hydrogens (primary N) is 1. The first-order valence-electron chi connectivity index (χ1n) is 6.44. The molecule has 19 heavy (non-hydrogen) atoms. The second kappa shape index (κ2) is 5.30.